The van der Waals surface area contributed by atoms with Gasteiger partial charge in [-0.05, 0) is 44.0 Å². The average molecular weight is 214 g/mol. The maximum absolute atomic E-state index is 13.4. The van der Waals surface area contributed by atoms with Crippen LogP contribution in [0.3, 0.4) is 0 Å². The minimum absolute atomic E-state index is 0.207. The van der Waals surface area contributed by atoms with Crippen molar-refractivity contribution < 1.29 is 4.39 Å². The van der Waals surface area contributed by atoms with E-state index in [2.05, 4.69) is 5.32 Å². The molecule has 1 aliphatic heterocycles. The van der Waals surface area contributed by atoms with Crippen LogP contribution >= 0.6 is 11.6 Å². The summed E-state index contributed by atoms with van der Waals surface area (Å²) in [5, 5.41) is 3.84. The molecule has 0 bridgehead atoms. The Hall–Kier alpha value is -0.600. The van der Waals surface area contributed by atoms with Crippen LogP contribution in [0.5, 0.6) is 0 Å². The van der Waals surface area contributed by atoms with Crippen molar-refractivity contribution in [2.45, 2.75) is 25.8 Å². The van der Waals surface area contributed by atoms with Gasteiger partial charge in [0.1, 0.15) is 5.82 Å². The maximum Gasteiger partial charge on any atom is 0.127 e. The van der Waals surface area contributed by atoms with E-state index in [1.807, 2.05) is 6.07 Å². The van der Waals surface area contributed by atoms with Crippen molar-refractivity contribution in [1.29, 1.82) is 0 Å². The maximum atomic E-state index is 13.4. The second-order valence-electron chi connectivity index (χ2n) is 3.76. The lowest BCUT2D eigenvalue weighted by Gasteiger charge is -2.12. The van der Waals surface area contributed by atoms with Crippen LogP contribution in [0.1, 0.15) is 30.0 Å². The number of hydrogen-bond acceptors (Lipinski definition) is 1. The van der Waals surface area contributed by atoms with E-state index in [1.165, 1.54) is 0 Å². The van der Waals surface area contributed by atoms with Crippen LogP contribution in [0, 0.1) is 12.7 Å². The van der Waals surface area contributed by atoms with Gasteiger partial charge in [0.25, 0.3) is 0 Å². The molecular formula is C11H13ClFN. The highest BCUT2D eigenvalue weighted by Gasteiger charge is 2.18. The lowest BCUT2D eigenvalue weighted by atomic mass is 10.0. The second kappa shape index (κ2) is 3.87. The molecule has 1 aliphatic rings. The Morgan fingerprint density at radius 2 is 2.29 bits per heavy atom. The Morgan fingerprint density at radius 3 is 2.86 bits per heavy atom. The summed E-state index contributed by atoms with van der Waals surface area (Å²) >= 11 is 5.93. The van der Waals surface area contributed by atoms with E-state index in [0.717, 1.165) is 24.9 Å². The lowest BCUT2D eigenvalue weighted by Crippen LogP contribution is -2.13. The molecule has 1 fully saturated rings. The van der Waals surface area contributed by atoms with E-state index < -0.39 is 0 Å². The monoisotopic (exact) mass is 213 g/mol. The lowest BCUT2D eigenvalue weighted by molar-refractivity contribution is 0.600. The van der Waals surface area contributed by atoms with Gasteiger partial charge >= 0.3 is 0 Å². The van der Waals surface area contributed by atoms with Crippen molar-refractivity contribution in [1.82, 2.24) is 5.32 Å². The average Bonchev–Trinajstić information content (AvgIpc) is 2.66. The van der Waals surface area contributed by atoms with Gasteiger partial charge in [-0.1, -0.05) is 11.6 Å². The molecule has 0 saturated carbocycles. The second-order valence-corrected chi connectivity index (χ2v) is 4.17. The summed E-state index contributed by atoms with van der Waals surface area (Å²) in [5.74, 6) is -0.207. The zero-order valence-corrected chi connectivity index (χ0v) is 8.87. The molecule has 0 radical (unpaired) electrons. The molecule has 2 rings (SSSR count). The Morgan fingerprint density at radius 1 is 1.50 bits per heavy atom. The topological polar surface area (TPSA) is 12.0 Å². The minimum atomic E-state index is -0.207. The highest BCUT2D eigenvalue weighted by atomic mass is 35.5. The van der Waals surface area contributed by atoms with Crippen molar-refractivity contribution in [3.05, 3.63) is 34.1 Å². The Labute approximate surface area is 88.3 Å². The molecule has 1 N–H and O–H groups in total. The van der Waals surface area contributed by atoms with Crippen LogP contribution in [-0.4, -0.2) is 6.54 Å². The normalized spacial score (nSPS) is 21.5. The number of halogens is 2. The summed E-state index contributed by atoms with van der Waals surface area (Å²) in [6, 6.07) is 3.73. The van der Waals surface area contributed by atoms with Crippen molar-refractivity contribution in [2.75, 3.05) is 6.54 Å². The summed E-state index contributed by atoms with van der Waals surface area (Å²) in [6.07, 6.45) is 2.22. The summed E-state index contributed by atoms with van der Waals surface area (Å²) in [4.78, 5) is 0. The summed E-state index contributed by atoms with van der Waals surface area (Å²) in [6.45, 7) is 2.71. The number of hydrogen-bond donors (Lipinski definition) is 1. The Kier molecular flexibility index (Phi) is 2.75. The van der Waals surface area contributed by atoms with E-state index in [-0.39, 0.29) is 11.9 Å². The molecule has 3 heteroatoms. The highest BCUT2D eigenvalue weighted by Crippen LogP contribution is 2.28. The molecule has 0 amide bonds. The zero-order valence-electron chi connectivity index (χ0n) is 8.11. The first-order valence-electron chi connectivity index (χ1n) is 4.87. The third-order valence-corrected chi connectivity index (χ3v) is 3.16. The van der Waals surface area contributed by atoms with Crippen molar-refractivity contribution >= 4 is 11.6 Å². The van der Waals surface area contributed by atoms with Gasteiger partial charge in [-0.2, -0.15) is 0 Å². The molecule has 14 heavy (non-hydrogen) atoms. The van der Waals surface area contributed by atoms with Crippen molar-refractivity contribution in [3.8, 4) is 0 Å². The van der Waals surface area contributed by atoms with Gasteiger partial charge in [0.15, 0.2) is 0 Å². The van der Waals surface area contributed by atoms with Crippen LogP contribution in [0.2, 0.25) is 5.02 Å². The van der Waals surface area contributed by atoms with Gasteiger partial charge in [0.2, 0.25) is 0 Å². The van der Waals surface area contributed by atoms with Crippen LogP contribution in [0.15, 0.2) is 12.1 Å². The van der Waals surface area contributed by atoms with Crippen LogP contribution < -0.4 is 5.32 Å². The summed E-state index contributed by atoms with van der Waals surface area (Å²) < 4.78 is 13.4. The molecule has 1 aromatic carbocycles. The number of benzene rings is 1. The molecule has 0 aromatic heterocycles. The fraction of sp³-hybridized carbons (Fsp3) is 0.455. The predicted molar refractivity (Wildman–Crippen MR) is 56.1 cm³/mol. The first-order valence-corrected chi connectivity index (χ1v) is 5.25. The first-order chi connectivity index (χ1) is 6.68. The molecular weight excluding hydrogens is 201 g/mol. The van der Waals surface area contributed by atoms with Crippen LogP contribution in [-0.2, 0) is 0 Å². The Balaban J connectivity index is 2.34. The van der Waals surface area contributed by atoms with Gasteiger partial charge < -0.3 is 5.32 Å². The smallest absolute Gasteiger partial charge is 0.127 e. The standard InChI is InChI=1S/C11H13ClFN/c1-7-9(12)5-8(6-10(7)13)11-3-2-4-14-11/h5-6,11,14H,2-4H2,1H3. The van der Waals surface area contributed by atoms with Gasteiger partial charge in [-0.25, -0.2) is 4.39 Å². The van der Waals surface area contributed by atoms with E-state index >= 15 is 0 Å². The highest BCUT2D eigenvalue weighted by molar-refractivity contribution is 6.31. The molecule has 1 nitrogen and oxygen atoms in total. The van der Waals surface area contributed by atoms with Crippen LogP contribution in [0.4, 0.5) is 4.39 Å². The molecule has 1 atom stereocenters. The fourth-order valence-corrected chi connectivity index (χ4v) is 2.05. The molecule has 0 aliphatic carbocycles. The van der Waals surface area contributed by atoms with Crippen molar-refractivity contribution in [2.24, 2.45) is 0 Å². The first kappa shape index (κ1) is 9.94. The molecule has 1 aromatic rings. The van der Waals surface area contributed by atoms with Crippen molar-refractivity contribution in [3.63, 3.8) is 0 Å². The third-order valence-electron chi connectivity index (χ3n) is 2.77. The summed E-state index contributed by atoms with van der Waals surface area (Å²) in [5.41, 5.74) is 1.50. The van der Waals surface area contributed by atoms with E-state index in [0.29, 0.717) is 10.6 Å². The number of nitrogens with one attached hydrogen (secondary N) is 1. The van der Waals surface area contributed by atoms with Gasteiger partial charge in [0.05, 0.1) is 0 Å². The molecule has 0 spiro atoms. The van der Waals surface area contributed by atoms with Gasteiger partial charge in [-0.3, -0.25) is 0 Å². The predicted octanol–water partition coefficient (Wildman–Crippen LogP) is 3.21. The molecule has 1 saturated heterocycles. The van der Waals surface area contributed by atoms with E-state index in [1.54, 1.807) is 13.0 Å². The van der Waals surface area contributed by atoms with Gasteiger partial charge in [0, 0.05) is 16.6 Å². The third kappa shape index (κ3) is 1.77. The minimum Gasteiger partial charge on any atom is -0.310 e. The quantitative estimate of drug-likeness (QED) is 0.756. The molecule has 1 heterocycles. The van der Waals surface area contributed by atoms with Gasteiger partial charge in [-0.15, -0.1) is 0 Å². The SMILES string of the molecule is Cc1c(F)cc(C2CCCN2)cc1Cl. The van der Waals surface area contributed by atoms with Crippen LogP contribution in [0.25, 0.3) is 0 Å². The molecule has 76 valence electrons. The van der Waals surface area contributed by atoms with E-state index in [9.17, 15) is 4.39 Å². The fourth-order valence-electron chi connectivity index (χ4n) is 1.84. The molecule has 1 unspecified atom stereocenters. The van der Waals surface area contributed by atoms with E-state index in [4.69, 9.17) is 11.6 Å². The number of rotatable bonds is 1. The zero-order chi connectivity index (χ0) is 10.1. The largest absolute Gasteiger partial charge is 0.310 e. The Bertz CT molecular complexity index is 322. The summed E-state index contributed by atoms with van der Waals surface area (Å²) in [7, 11) is 0.